The number of nitro benzene ring substituents is 1. The molecule has 2 aliphatic heterocycles. The molecule has 0 spiro atoms. The fourth-order valence-electron chi connectivity index (χ4n) is 5.32. The minimum absolute atomic E-state index is 0.0838. The fourth-order valence-corrected chi connectivity index (χ4v) is 5.32. The number of non-ortho nitro benzene ring substituents is 1. The van der Waals surface area contributed by atoms with Crippen molar-refractivity contribution in [2.24, 2.45) is 5.92 Å². The third kappa shape index (κ3) is 3.71. The van der Waals surface area contributed by atoms with Crippen LogP contribution in [-0.2, 0) is 0 Å². The predicted octanol–water partition coefficient (Wildman–Crippen LogP) is 5.44. The Balaban J connectivity index is 1.43. The molecule has 2 heterocycles. The zero-order chi connectivity index (χ0) is 21.4. The zero-order valence-corrected chi connectivity index (χ0v) is 17.5. The number of hydrogen-bond acceptors (Lipinski definition) is 4. The molecule has 3 aliphatic rings. The van der Waals surface area contributed by atoms with E-state index < -0.39 is 0 Å². The summed E-state index contributed by atoms with van der Waals surface area (Å²) in [4.78, 5) is 25.8. The van der Waals surface area contributed by atoms with Crippen LogP contribution in [0.5, 0.6) is 0 Å². The van der Waals surface area contributed by atoms with E-state index in [9.17, 15) is 14.9 Å². The molecule has 160 valence electrons. The standard InChI is InChI=1S/C25H27N3O3/c29-25(27-14-3-1-2-4-15-27)18-10-13-23-22(16-18)20-6-5-7-21(20)24(26-23)17-8-11-19(12-9-17)28(30)31/h5-6,8-13,16,20-21,24,26H,1-4,7,14-15H2/t20-,21+,24+/m0/s1. The SMILES string of the molecule is O=C(c1ccc2c(c1)[C@H]1C=CC[C@H]1[C@@H](c1ccc([N+](=O)[O-])cc1)N2)N1CCCCCC1. The van der Waals surface area contributed by atoms with Crippen LogP contribution in [0, 0.1) is 16.0 Å². The molecule has 0 bridgehead atoms. The summed E-state index contributed by atoms with van der Waals surface area (Å²) < 4.78 is 0. The lowest BCUT2D eigenvalue weighted by Gasteiger charge is -2.37. The Kier molecular flexibility index (Phi) is 5.22. The van der Waals surface area contributed by atoms with E-state index in [1.165, 1.54) is 18.4 Å². The summed E-state index contributed by atoms with van der Waals surface area (Å²) in [5.74, 6) is 0.714. The number of carbonyl (C=O) groups is 1. The number of allylic oxidation sites excluding steroid dienone is 2. The van der Waals surface area contributed by atoms with Crippen molar-refractivity contribution in [1.82, 2.24) is 4.90 Å². The number of anilines is 1. The lowest BCUT2D eigenvalue weighted by molar-refractivity contribution is -0.384. The molecule has 0 unspecified atom stereocenters. The second-order valence-corrected chi connectivity index (χ2v) is 8.83. The Morgan fingerprint density at radius 2 is 1.77 bits per heavy atom. The van der Waals surface area contributed by atoms with Crippen LogP contribution >= 0.6 is 0 Å². The van der Waals surface area contributed by atoms with Crippen molar-refractivity contribution < 1.29 is 9.72 Å². The van der Waals surface area contributed by atoms with Gasteiger partial charge >= 0.3 is 0 Å². The second-order valence-electron chi connectivity index (χ2n) is 8.83. The number of nitrogens with zero attached hydrogens (tertiary/aromatic N) is 2. The van der Waals surface area contributed by atoms with Crippen molar-refractivity contribution >= 4 is 17.3 Å². The van der Waals surface area contributed by atoms with Gasteiger partial charge in [-0.1, -0.05) is 37.1 Å². The first-order valence-corrected chi connectivity index (χ1v) is 11.2. The summed E-state index contributed by atoms with van der Waals surface area (Å²) in [5, 5.41) is 14.7. The number of rotatable bonds is 3. The summed E-state index contributed by atoms with van der Waals surface area (Å²) in [6.07, 6.45) is 10.00. The molecule has 31 heavy (non-hydrogen) atoms. The number of nitro groups is 1. The molecule has 1 amide bonds. The number of benzene rings is 2. The maximum absolute atomic E-state index is 13.1. The highest BCUT2D eigenvalue weighted by atomic mass is 16.6. The Hall–Kier alpha value is -3.15. The molecule has 0 radical (unpaired) electrons. The van der Waals surface area contributed by atoms with Crippen molar-refractivity contribution in [2.75, 3.05) is 18.4 Å². The first-order chi connectivity index (χ1) is 15.1. The van der Waals surface area contributed by atoms with Gasteiger partial charge in [0.1, 0.15) is 0 Å². The lowest BCUT2D eigenvalue weighted by atomic mass is 9.76. The topological polar surface area (TPSA) is 75.5 Å². The fraction of sp³-hybridized carbons (Fsp3) is 0.400. The quantitative estimate of drug-likeness (QED) is 0.410. The lowest BCUT2D eigenvalue weighted by Crippen LogP contribution is -2.33. The van der Waals surface area contributed by atoms with Gasteiger partial charge in [-0.2, -0.15) is 0 Å². The molecule has 1 fully saturated rings. The smallest absolute Gasteiger partial charge is 0.269 e. The van der Waals surface area contributed by atoms with Crippen LogP contribution in [0.1, 0.15) is 65.5 Å². The van der Waals surface area contributed by atoms with E-state index in [0.29, 0.717) is 5.92 Å². The molecule has 6 heteroatoms. The van der Waals surface area contributed by atoms with Gasteiger partial charge in [0.15, 0.2) is 0 Å². The van der Waals surface area contributed by atoms with E-state index in [1.807, 2.05) is 29.2 Å². The van der Waals surface area contributed by atoms with Gasteiger partial charge in [0.25, 0.3) is 11.6 Å². The van der Waals surface area contributed by atoms with Crippen molar-refractivity contribution in [3.8, 4) is 0 Å². The van der Waals surface area contributed by atoms with Gasteiger partial charge in [-0.3, -0.25) is 14.9 Å². The van der Waals surface area contributed by atoms with Gasteiger partial charge in [-0.15, -0.1) is 0 Å². The van der Waals surface area contributed by atoms with Crippen LogP contribution in [-0.4, -0.2) is 28.8 Å². The van der Waals surface area contributed by atoms with Gasteiger partial charge in [-0.25, -0.2) is 0 Å². The van der Waals surface area contributed by atoms with E-state index in [-0.39, 0.29) is 28.5 Å². The van der Waals surface area contributed by atoms with Crippen LogP contribution in [0.4, 0.5) is 11.4 Å². The number of amides is 1. The summed E-state index contributed by atoms with van der Waals surface area (Å²) in [6.45, 7) is 1.70. The Labute approximate surface area is 182 Å². The monoisotopic (exact) mass is 417 g/mol. The van der Waals surface area contributed by atoms with Gasteiger partial charge < -0.3 is 10.2 Å². The van der Waals surface area contributed by atoms with Gasteiger partial charge in [0, 0.05) is 42.4 Å². The molecule has 1 N–H and O–H groups in total. The van der Waals surface area contributed by atoms with Crippen LogP contribution in [0.15, 0.2) is 54.6 Å². The highest BCUT2D eigenvalue weighted by Gasteiger charge is 2.38. The Bertz CT molecular complexity index is 1020. The normalized spacial score (nSPS) is 24.6. The molecule has 0 aromatic heterocycles. The van der Waals surface area contributed by atoms with E-state index in [4.69, 9.17) is 0 Å². The number of likely N-dealkylation sites (tertiary alicyclic amines) is 1. The molecular formula is C25H27N3O3. The first kappa shape index (κ1) is 19.8. The van der Waals surface area contributed by atoms with Gasteiger partial charge in [0.05, 0.1) is 11.0 Å². The largest absolute Gasteiger partial charge is 0.378 e. The van der Waals surface area contributed by atoms with Crippen molar-refractivity contribution in [2.45, 2.75) is 44.1 Å². The average Bonchev–Trinajstić information content (AvgIpc) is 3.13. The highest BCUT2D eigenvalue weighted by molar-refractivity contribution is 5.95. The molecule has 1 saturated heterocycles. The van der Waals surface area contributed by atoms with E-state index in [2.05, 4.69) is 23.5 Å². The van der Waals surface area contributed by atoms with Crippen molar-refractivity contribution in [1.29, 1.82) is 0 Å². The van der Waals surface area contributed by atoms with E-state index in [1.54, 1.807) is 12.1 Å². The Morgan fingerprint density at radius 1 is 1.03 bits per heavy atom. The molecule has 1 aliphatic carbocycles. The third-order valence-corrected chi connectivity index (χ3v) is 6.97. The second kappa shape index (κ2) is 8.17. The summed E-state index contributed by atoms with van der Waals surface area (Å²) in [5.41, 5.74) is 4.16. The summed E-state index contributed by atoms with van der Waals surface area (Å²) in [6, 6.07) is 13.0. The van der Waals surface area contributed by atoms with Crippen LogP contribution in [0.3, 0.4) is 0 Å². The molecule has 2 aromatic rings. The number of hydrogen-bond donors (Lipinski definition) is 1. The van der Waals surface area contributed by atoms with Crippen LogP contribution in [0.2, 0.25) is 0 Å². The molecular weight excluding hydrogens is 390 g/mol. The predicted molar refractivity (Wildman–Crippen MR) is 120 cm³/mol. The zero-order valence-electron chi connectivity index (χ0n) is 17.5. The molecule has 0 saturated carbocycles. The summed E-state index contributed by atoms with van der Waals surface area (Å²) >= 11 is 0. The maximum atomic E-state index is 13.1. The van der Waals surface area contributed by atoms with E-state index in [0.717, 1.165) is 49.2 Å². The van der Waals surface area contributed by atoms with Crippen molar-refractivity contribution in [3.05, 3.63) is 81.4 Å². The van der Waals surface area contributed by atoms with Crippen molar-refractivity contribution in [3.63, 3.8) is 0 Å². The third-order valence-electron chi connectivity index (χ3n) is 6.97. The van der Waals surface area contributed by atoms with Gasteiger partial charge in [0.2, 0.25) is 0 Å². The number of nitrogens with one attached hydrogen (secondary N) is 1. The molecule has 2 aromatic carbocycles. The minimum atomic E-state index is -0.365. The summed E-state index contributed by atoms with van der Waals surface area (Å²) in [7, 11) is 0. The molecule has 5 rings (SSSR count). The van der Waals surface area contributed by atoms with Gasteiger partial charge in [-0.05, 0) is 54.5 Å². The Morgan fingerprint density at radius 3 is 2.48 bits per heavy atom. The molecule has 6 nitrogen and oxygen atoms in total. The minimum Gasteiger partial charge on any atom is -0.378 e. The van der Waals surface area contributed by atoms with Crippen LogP contribution in [0.25, 0.3) is 0 Å². The first-order valence-electron chi connectivity index (χ1n) is 11.2. The van der Waals surface area contributed by atoms with Crippen LogP contribution < -0.4 is 5.32 Å². The molecule has 3 atom stereocenters. The van der Waals surface area contributed by atoms with E-state index >= 15 is 0 Å². The number of carbonyl (C=O) groups excluding carboxylic acids is 1. The maximum Gasteiger partial charge on any atom is 0.269 e. The average molecular weight is 418 g/mol. The highest BCUT2D eigenvalue weighted by Crippen LogP contribution is 2.50. The number of fused-ring (bicyclic) bond motifs is 3.